The molecule has 60 valence electrons. The van der Waals surface area contributed by atoms with Gasteiger partial charge < -0.3 is 0 Å². The monoisotopic (exact) mass is 169 g/mol. The molecule has 0 saturated carbocycles. The normalized spacial score (nSPS) is 18.9. The van der Waals surface area contributed by atoms with Crippen molar-refractivity contribution in [3.05, 3.63) is 11.6 Å². The maximum atomic E-state index is 4.15. The van der Waals surface area contributed by atoms with E-state index in [-0.39, 0.29) is 0 Å². The molecule has 0 amide bonds. The molecule has 0 spiro atoms. The van der Waals surface area contributed by atoms with Gasteiger partial charge in [0.25, 0.3) is 0 Å². The van der Waals surface area contributed by atoms with Crippen LogP contribution in [0, 0.1) is 0 Å². The van der Waals surface area contributed by atoms with Crippen molar-refractivity contribution < 1.29 is 0 Å². The van der Waals surface area contributed by atoms with E-state index in [1.54, 1.807) is 11.3 Å². The number of nitrogens with zero attached hydrogens (tertiary/aromatic N) is 2. The first-order chi connectivity index (χ1) is 5.45. The van der Waals surface area contributed by atoms with Crippen molar-refractivity contribution in [1.29, 1.82) is 0 Å². The number of hydrogen-bond donors (Lipinski definition) is 1. The minimum Gasteiger partial charge on any atom is -0.294 e. The summed E-state index contributed by atoms with van der Waals surface area (Å²) < 4.78 is 0. The lowest BCUT2D eigenvalue weighted by Gasteiger charge is -2.14. The van der Waals surface area contributed by atoms with Gasteiger partial charge in [-0.25, -0.2) is 9.99 Å². The molecule has 1 N–H and O–H groups in total. The van der Waals surface area contributed by atoms with Crippen molar-refractivity contribution >= 4 is 16.5 Å². The van der Waals surface area contributed by atoms with Crippen molar-refractivity contribution in [2.45, 2.75) is 12.8 Å². The molecule has 4 heteroatoms. The molecule has 3 nitrogen and oxygen atoms in total. The quantitative estimate of drug-likeness (QED) is 0.728. The van der Waals surface area contributed by atoms with E-state index in [0.717, 1.165) is 18.2 Å². The van der Waals surface area contributed by atoms with E-state index in [0.29, 0.717) is 0 Å². The second kappa shape index (κ2) is 3.19. The predicted molar refractivity (Wildman–Crippen MR) is 46.5 cm³/mol. The Labute approximate surface area is 70.0 Å². The first-order valence-corrected chi connectivity index (χ1v) is 4.74. The Kier molecular flexibility index (Phi) is 2.05. The topological polar surface area (TPSA) is 28.2 Å². The van der Waals surface area contributed by atoms with E-state index in [1.165, 1.54) is 12.8 Å². The highest BCUT2D eigenvalue weighted by atomic mass is 32.1. The van der Waals surface area contributed by atoms with Crippen LogP contribution in [0.15, 0.2) is 11.6 Å². The van der Waals surface area contributed by atoms with Crippen molar-refractivity contribution in [2.24, 2.45) is 0 Å². The lowest BCUT2D eigenvalue weighted by atomic mass is 10.4. The van der Waals surface area contributed by atoms with Gasteiger partial charge in [-0.1, -0.05) is 0 Å². The predicted octanol–water partition coefficient (Wildman–Crippen LogP) is 1.57. The molecule has 1 aliphatic heterocycles. The van der Waals surface area contributed by atoms with Crippen LogP contribution < -0.4 is 5.43 Å². The Balaban J connectivity index is 1.90. The largest absolute Gasteiger partial charge is 0.294 e. The van der Waals surface area contributed by atoms with E-state index < -0.39 is 0 Å². The fourth-order valence-electron chi connectivity index (χ4n) is 1.24. The van der Waals surface area contributed by atoms with Crippen LogP contribution in [-0.4, -0.2) is 23.1 Å². The van der Waals surface area contributed by atoms with Crippen LogP contribution in [0.2, 0.25) is 0 Å². The third-order valence-corrected chi connectivity index (χ3v) is 2.47. The molecule has 0 bridgehead atoms. The fraction of sp³-hybridized carbons (Fsp3) is 0.571. The molecular weight excluding hydrogens is 158 g/mol. The van der Waals surface area contributed by atoms with Gasteiger partial charge in [-0.2, -0.15) is 0 Å². The summed E-state index contributed by atoms with van der Waals surface area (Å²) in [6.07, 6.45) is 4.43. The van der Waals surface area contributed by atoms with Crippen LogP contribution in [-0.2, 0) is 0 Å². The highest BCUT2D eigenvalue weighted by Gasteiger charge is 2.11. The lowest BCUT2D eigenvalue weighted by molar-refractivity contribution is 0.410. The average Bonchev–Trinajstić information content (AvgIpc) is 2.60. The Morgan fingerprint density at radius 1 is 1.45 bits per heavy atom. The zero-order chi connectivity index (χ0) is 7.52. The minimum atomic E-state index is 1.01. The number of nitrogens with one attached hydrogen (secondary N) is 1. The molecule has 0 unspecified atom stereocenters. The molecule has 0 atom stereocenters. The maximum absolute atomic E-state index is 4.15. The van der Waals surface area contributed by atoms with Gasteiger partial charge in [-0.15, -0.1) is 11.3 Å². The number of thiazole rings is 1. The summed E-state index contributed by atoms with van der Waals surface area (Å²) in [7, 11) is 0. The van der Waals surface area contributed by atoms with E-state index in [1.807, 2.05) is 11.6 Å². The zero-order valence-electron chi connectivity index (χ0n) is 6.29. The van der Waals surface area contributed by atoms with Gasteiger partial charge in [0.1, 0.15) is 0 Å². The highest BCUT2D eigenvalue weighted by Crippen LogP contribution is 2.14. The minimum absolute atomic E-state index is 1.01. The van der Waals surface area contributed by atoms with Gasteiger partial charge in [0.15, 0.2) is 5.13 Å². The van der Waals surface area contributed by atoms with Crippen LogP contribution >= 0.6 is 11.3 Å². The molecule has 0 aliphatic carbocycles. The summed E-state index contributed by atoms with van der Waals surface area (Å²) in [5.41, 5.74) is 3.26. The molecule has 2 heterocycles. The standard InChI is InChI=1S/C7H11N3S/c1-2-5-10(4-1)9-7-8-3-6-11-7/h3,6H,1-2,4-5H2,(H,8,9). The Morgan fingerprint density at radius 3 is 2.91 bits per heavy atom. The molecule has 11 heavy (non-hydrogen) atoms. The van der Waals surface area contributed by atoms with Crippen molar-refractivity contribution in [1.82, 2.24) is 9.99 Å². The molecular formula is C7H11N3S. The average molecular weight is 169 g/mol. The summed E-state index contributed by atoms with van der Waals surface area (Å²) >= 11 is 1.65. The zero-order valence-corrected chi connectivity index (χ0v) is 7.10. The van der Waals surface area contributed by atoms with Crippen molar-refractivity contribution in [2.75, 3.05) is 18.5 Å². The molecule has 2 rings (SSSR count). The Bertz CT molecular complexity index is 203. The number of hydrogen-bond acceptors (Lipinski definition) is 4. The number of anilines is 1. The molecule has 1 aromatic rings. The van der Waals surface area contributed by atoms with Gasteiger partial charge in [0.2, 0.25) is 0 Å². The van der Waals surface area contributed by atoms with Crippen LogP contribution in [0.4, 0.5) is 5.13 Å². The van der Waals surface area contributed by atoms with Gasteiger partial charge in [0.05, 0.1) is 0 Å². The van der Waals surface area contributed by atoms with E-state index in [4.69, 9.17) is 0 Å². The van der Waals surface area contributed by atoms with Gasteiger partial charge >= 0.3 is 0 Å². The molecule has 0 aromatic carbocycles. The van der Waals surface area contributed by atoms with Gasteiger partial charge in [-0.05, 0) is 12.8 Å². The third-order valence-electron chi connectivity index (χ3n) is 1.79. The van der Waals surface area contributed by atoms with Crippen molar-refractivity contribution in [3.8, 4) is 0 Å². The maximum Gasteiger partial charge on any atom is 0.197 e. The number of hydrazine groups is 1. The second-order valence-corrected chi connectivity index (χ2v) is 3.54. The summed E-state index contributed by atoms with van der Waals surface area (Å²) in [6.45, 7) is 2.30. The van der Waals surface area contributed by atoms with Crippen molar-refractivity contribution in [3.63, 3.8) is 0 Å². The number of aromatic nitrogens is 1. The van der Waals surface area contributed by atoms with E-state index in [2.05, 4.69) is 15.4 Å². The van der Waals surface area contributed by atoms with E-state index in [9.17, 15) is 0 Å². The summed E-state index contributed by atoms with van der Waals surface area (Å²) in [6, 6.07) is 0. The van der Waals surface area contributed by atoms with Gasteiger partial charge in [-0.3, -0.25) is 5.43 Å². The summed E-state index contributed by atoms with van der Waals surface area (Å²) in [5.74, 6) is 0. The van der Waals surface area contributed by atoms with Crippen LogP contribution in [0.1, 0.15) is 12.8 Å². The molecule has 1 fully saturated rings. The van der Waals surface area contributed by atoms with Crippen LogP contribution in [0.25, 0.3) is 0 Å². The number of rotatable bonds is 2. The van der Waals surface area contributed by atoms with Gasteiger partial charge in [0, 0.05) is 24.7 Å². The van der Waals surface area contributed by atoms with E-state index >= 15 is 0 Å². The smallest absolute Gasteiger partial charge is 0.197 e. The summed E-state index contributed by atoms with van der Waals surface area (Å²) in [4.78, 5) is 4.15. The first-order valence-electron chi connectivity index (χ1n) is 3.86. The molecule has 1 aliphatic rings. The summed E-state index contributed by atoms with van der Waals surface area (Å²) in [5, 5.41) is 5.21. The highest BCUT2D eigenvalue weighted by molar-refractivity contribution is 7.13. The SMILES string of the molecule is c1csc(NN2CCCC2)n1. The Hall–Kier alpha value is -0.610. The van der Waals surface area contributed by atoms with Crippen LogP contribution in [0.5, 0.6) is 0 Å². The second-order valence-electron chi connectivity index (χ2n) is 2.64. The molecule has 0 radical (unpaired) electrons. The first kappa shape index (κ1) is 7.06. The molecule has 1 aromatic heterocycles. The molecule has 1 saturated heterocycles. The Morgan fingerprint density at radius 2 is 2.27 bits per heavy atom. The lowest BCUT2D eigenvalue weighted by Crippen LogP contribution is -2.25. The van der Waals surface area contributed by atoms with Crippen LogP contribution in [0.3, 0.4) is 0 Å². The third kappa shape index (κ3) is 1.70. The fourth-order valence-corrected chi connectivity index (χ4v) is 1.80.